The number of aryl methyl sites for hydroxylation is 1. The maximum absolute atomic E-state index is 6.09. The fourth-order valence-corrected chi connectivity index (χ4v) is 4.37. The predicted molar refractivity (Wildman–Crippen MR) is 81.7 cm³/mol. The second-order valence-electron chi connectivity index (χ2n) is 6.54. The first-order valence-corrected chi connectivity index (χ1v) is 7.99. The molecule has 4 rings (SSSR count). The number of para-hydroxylation sites is 1. The zero-order valence-corrected chi connectivity index (χ0v) is 12.4. The Balaban J connectivity index is 1.78. The Bertz CT molecular complexity index is 619. The van der Waals surface area contributed by atoms with E-state index >= 15 is 0 Å². The number of hydrogen-bond donors (Lipinski definition) is 1. The molecule has 0 spiro atoms. The van der Waals surface area contributed by atoms with Crippen molar-refractivity contribution in [3.05, 3.63) is 35.6 Å². The lowest BCUT2D eigenvalue weighted by atomic mass is 9.87. The van der Waals surface area contributed by atoms with Crippen LogP contribution in [0.15, 0.2) is 28.7 Å². The topological polar surface area (TPSA) is 25.2 Å². The van der Waals surface area contributed by atoms with Crippen molar-refractivity contribution >= 4 is 11.0 Å². The summed E-state index contributed by atoms with van der Waals surface area (Å²) >= 11 is 0. The average Bonchev–Trinajstić information content (AvgIpc) is 2.94. The third kappa shape index (κ3) is 1.81. The molecule has 0 saturated heterocycles. The Morgan fingerprint density at radius 1 is 1.20 bits per heavy atom. The zero-order chi connectivity index (χ0) is 13.7. The highest BCUT2D eigenvalue weighted by atomic mass is 16.3. The number of fused-ring (bicyclic) bond motifs is 2. The SMILES string of the molecule is CCc1oc2ccccc2c1C(NC)C1CC2CC2C1. The standard InChI is InChI=1S/C18H23NO/c1-3-15-17(14-6-4-5-7-16(14)20-15)18(19-2)13-9-11-8-12(11)10-13/h4-7,11-13,18-19H,3,8-10H2,1-2H3. The maximum atomic E-state index is 6.09. The van der Waals surface area contributed by atoms with E-state index in [0.29, 0.717) is 6.04 Å². The fraction of sp³-hybridized carbons (Fsp3) is 0.556. The molecule has 2 aromatic rings. The normalized spacial score (nSPS) is 29.6. The molecule has 1 aromatic carbocycles. The molecule has 3 unspecified atom stereocenters. The van der Waals surface area contributed by atoms with E-state index in [1.807, 2.05) is 0 Å². The highest BCUT2D eigenvalue weighted by molar-refractivity contribution is 5.82. The van der Waals surface area contributed by atoms with Crippen LogP contribution in [-0.4, -0.2) is 7.05 Å². The van der Waals surface area contributed by atoms with Crippen molar-refractivity contribution in [1.29, 1.82) is 0 Å². The van der Waals surface area contributed by atoms with E-state index in [-0.39, 0.29) is 0 Å². The molecule has 20 heavy (non-hydrogen) atoms. The van der Waals surface area contributed by atoms with Crippen molar-refractivity contribution in [1.82, 2.24) is 5.32 Å². The molecule has 2 nitrogen and oxygen atoms in total. The minimum Gasteiger partial charge on any atom is -0.461 e. The van der Waals surface area contributed by atoms with Gasteiger partial charge in [-0.05, 0) is 50.1 Å². The quantitative estimate of drug-likeness (QED) is 0.895. The van der Waals surface area contributed by atoms with Gasteiger partial charge in [0.25, 0.3) is 0 Å². The summed E-state index contributed by atoms with van der Waals surface area (Å²) in [6.45, 7) is 2.19. The Morgan fingerprint density at radius 3 is 2.65 bits per heavy atom. The van der Waals surface area contributed by atoms with Crippen LogP contribution in [0.25, 0.3) is 11.0 Å². The van der Waals surface area contributed by atoms with Crippen molar-refractivity contribution in [2.75, 3.05) is 7.05 Å². The van der Waals surface area contributed by atoms with Crippen LogP contribution in [0.1, 0.15) is 43.6 Å². The van der Waals surface area contributed by atoms with Crippen LogP contribution in [-0.2, 0) is 6.42 Å². The molecular formula is C18H23NO. The van der Waals surface area contributed by atoms with E-state index in [1.54, 1.807) is 0 Å². The van der Waals surface area contributed by atoms with Crippen LogP contribution in [0.2, 0.25) is 0 Å². The van der Waals surface area contributed by atoms with Gasteiger partial charge in [-0.3, -0.25) is 0 Å². The van der Waals surface area contributed by atoms with Crippen LogP contribution in [0.3, 0.4) is 0 Å². The van der Waals surface area contributed by atoms with E-state index in [2.05, 4.69) is 43.6 Å². The number of furan rings is 1. The lowest BCUT2D eigenvalue weighted by Crippen LogP contribution is -2.25. The smallest absolute Gasteiger partial charge is 0.134 e. The third-order valence-electron chi connectivity index (χ3n) is 5.41. The largest absolute Gasteiger partial charge is 0.461 e. The van der Waals surface area contributed by atoms with E-state index in [4.69, 9.17) is 4.42 Å². The molecule has 2 saturated carbocycles. The number of nitrogens with one attached hydrogen (secondary N) is 1. The first kappa shape index (κ1) is 12.5. The lowest BCUT2D eigenvalue weighted by Gasteiger charge is -2.25. The van der Waals surface area contributed by atoms with E-state index in [1.165, 1.54) is 36.0 Å². The van der Waals surface area contributed by atoms with Gasteiger partial charge in [0.05, 0.1) is 0 Å². The van der Waals surface area contributed by atoms with Crippen LogP contribution >= 0.6 is 0 Å². The Morgan fingerprint density at radius 2 is 1.95 bits per heavy atom. The number of hydrogen-bond acceptors (Lipinski definition) is 2. The number of rotatable bonds is 4. The average molecular weight is 269 g/mol. The second-order valence-corrected chi connectivity index (χ2v) is 6.54. The summed E-state index contributed by atoms with van der Waals surface area (Å²) in [5, 5.41) is 4.90. The molecule has 2 aliphatic carbocycles. The molecule has 2 heteroatoms. The van der Waals surface area contributed by atoms with Crippen LogP contribution in [0.4, 0.5) is 0 Å². The van der Waals surface area contributed by atoms with E-state index in [0.717, 1.165) is 29.8 Å². The fourth-order valence-electron chi connectivity index (χ4n) is 4.37. The van der Waals surface area contributed by atoms with Crippen LogP contribution < -0.4 is 5.32 Å². The van der Waals surface area contributed by atoms with Crippen molar-refractivity contribution in [3.63, 3.8) is 0 Å². The molecule has 106 valence electrons. The summed E-state index contributed by atoms with van der Waals surface area (Å²) in [6.07, 6.45) is 5.26. The molecule has 2 aliphatic rings. The maximum Gasteiger partial charge on any atom is 0.134 e. The Hall–Kier alpha value is -1.28. The summed E-state index contributed by atoms with van der Waals surface area (Å²) in [5.41, 5.74) is 2.47. The summed E-state index contributed by atoms with van der Waals surface area (Å²) in [5.74, 6) is 4.01. The van der Waals surface area contributed by atoms with E-state index in [9.17, 15) is 0 Å². The molecule has 1 aromatic heterocycles. The second kappa shape index (κ2) is 4.63. The summed E-state index contributed by atoms with van der Waals surface area (Å²) < 4.78 is 6.09. The molecule has 1 heterocycles. The van der Waals surface area contributed by atoms with Gasteiger partial charge in [0.15, 0.2) is 0 Å². The first-order valence-electron chi connectivity index (χ1n) is 7.99. The Labute approximate surface area is 120 Å². The van der Waals surface area contributed by atoms with E-state index < -0.39 is 0 Å². The Kier molecular flexibility index (Phi) is 2.88. The van der Waals surface area contributed by atoms with Gasteiger partial charge in [0.2, 0.25) is 0 Å². The van der Waals surface area contributed by atoms with Gasteiger partial charge >= 0.3 is 0 Å². The third-order valence-corrected chi connectivity index (χ3v) is 5.41. The van der Waals surface area contributed by atoms with Crippen molar-refractivity contribution in [3.8, 4) is 0 Å². The monoisotopic (exact) mass is 269 g/mol. The van der Waals surface area contributed by atoms with Gasteiger partial charge in [0, 0.05) is 23.4 Å². The lowest BCUT2D eigenvalue weighted by molar-refractivity contribution is 0.355. The summed E-state index contributed by atoms with van der Waals surface area (Å²) in [4.78, 5) is 0. The molecule has 1 N–H and O–H groups in total. The van der Waals surface area contributed by atoms with Gasteiger partial charge in [-0.25, -0.2) is 0 Å². The van der Waals surface area contributed by atoms with Crippen molar-refractivity contribution in [2.24, 2.45) is 17.8 Å². The van der Waals surface area contributed by atoms with Crippen molar-refractivity contribution < 1.29 is 4.42 Å². The van der Waals surface area contributed by atoms with Crippen LogP contribution in [0.5, 0.6) is 0 Å². The highest BCUT2D eigenvalue weighted by Crippen LogP contribution is 2.57. The minimum atomic E-state index is 0.460. The van der Waals surface area contributed by atoms with Gasteiger partial charge in [-0.1, -0.05) is 25.1 Å². The molecule has 0 bridgehead atoms. The highest BCUT2D eigenvalue weighted by Gasteiger charge is 2.48. The first-order chi connectivity index (χ1) is 9.81. The molecular weight excluding hydrogens is 246 g/mol. The minimum absolute atomic E-state index is 0.460. The predicted octanol–water partition coefficient (Wildman–Crippen LogP) is 4.30. The van der Waals surface area contributed by atoms with Crippen LogP contribution in [0, 0.1) is 17.8 Å². The van der Waals surface area contributed by atoms with Gasteiger partial charge in [-0.15, -0.1) is 0 Å². The summed E-state index contributed by atoms with van der Waals surface area (Å²) in [6, 6.07) is 8.96. The molecule has 0 amide bonds. The zero-order valence-electron chi connectivity index (χ0n) is 12.4. The van der Waals surface area contributed by atoms with Gasteiger partial charge < -0.3 is 9.73 Å². The van der Waals surface area contributed by atoms with Gasteiger partial charge in [0.1, 0.15) is 11.3 Å². The number of benzene rings is 1. The summed E-state index contributed by atoms with van der Waals surface area (Å²) in [7, 11) is 2.11. The molecule has 0 aliphatic heterocycles. The van der Waals surface area contributed by atoms with Gasteiger partial charge in [-0.2, -0.15) is 0 Å². The van der Waals surface area contributed by atoms with Crippen molar-refractivity contribution in [2.45, 2.75) is 38.6 Å². The molecule has 0 radical (unpaired) electrons. The molecule has 2 fully saturated rings. The molecule has 3 atom stereocenters.